The summed E-state index contributed by atoms with van der Waals surface area (Å²) in [5, 5.41) is 0. The van der Waals surface area contributed by atoms with Crippen LogP contribution in [0.25, 0.3) is 0 Å². The highest BCUT2D eigenvalue weighted by atomic mass is 16.5. The number of rotatable bonds is 4. The molecule has 0 heterocycles. The van der Waals surface area contributed by atoms with Gasteiger partial charge in [-0.05, 0) is 44.9 Å². The second-order valence-corrected chi connectivity index (χ2v) is 4.96. The predicted molar refractivity (Wildman–Crippen MR) is 60.6 cm³/mol. The molecule has 2 N–H and O–H groups in total. The van der Waals surface area contributed by atoms with Gasteiger partial charge in [0.1, 0.15) is 6.61 Å². The standard InChI is InChI=1S/C12H23NO2/c1-8-4-5-11(10(3)13)6-12(8)15-7-9(2)14/h8,10-12H,4-7,13H2,1-3H3/t8-,10?,11-,12?/m0/s1. The molecule has 1 fully saturated rings. The number of hydrogen-bond donors (Lipinski definition) is 1. The molecule has 4 atom stereocenters. The van der Waals surface area contributed by atoms with Gasteiger partial charge in [0.25, 0.3) is 0 Å². The first-order valence-corrected chi connectivity index (χ1v) is 5.87. The number of ether oxygens (including phenoxy) is 1. The van der Waals surface area contributed by atoms with E-state index in [-0.39, 0.29) is 24.5 Å². The van der Waals surface area contributed by atoms with Gasteiger partial charge in [-0.2, -0.15) is 0 Å². The van der Waals surface area contributed by atoms with E-state index in [0.29, 0.717) is 11.8 Å². The Morgan fingerprint density at radius 3 is 2.73 bits per heavy atom. The van der Waals surface area contributed by atoms with Crippen LogP contribution in [0.5, 0.6) is 0 Å². The first kappa shape index (κ1) is 12.7. The lowest BCUT2D eigenvalue weighted by Gasteiger charge is -2.35. The van der Waals surface area contributed by atoms with Gasteiger partial charge in [-0.15, -0.1) is 0 Å². The van der Waals surface area contributed by atoms with Crippen molar-refractivity contribution in [2.24, 2.45) is 17.6 Å². The molecule has 0 saturated heterocycles. The Kier molecular flexibility index (Phi) is 4.74. The molecule has 1 aliphatic rings. The molecule has 0 aromatic rings. The van der Waals surface area contributed by atoms with Gasteiger partial charge in [-0.3, -0.25) is 4.79 Å². The fourth-order valence-electron chi connectivity index (χ4n) is 2.25. The van der Waals surface area contributed by atoms with Crippen molar-refractivity contribution in [3.8, 4) is 0 Å². The SMILES string of the molecule is CC(=O)COC1C[C@@H](C(C)N)CC[C@@H]1C. The first-order chi connectivity index (χ1) is 7.00. The molecular formula is C12H23NO2. The third-order valence-corrected chi connectivity index (χ3v) is 3.41. The molecule has 0 aliphatic heterocycles. The Balaban J connectivity index is 2.42. The number of ketones is 1. The summed E-state index contributed by atoms with van der Waals surface area (Å²) in [4.78, 5) is 10.9. The monoisotopic (exact) mass is 213 g/mol. The Labute approximate surface area is 92.4 Å². The zero-order chi connectivity index (χ0) is 11.4. The minimum absolute atomic E-state index is 0.102. The number of carbonyl (C=O) groups excluding carboxylic acids is 1. The van der Waals surface area contributed by atoms with E-state index in [9.17, 15) is 4.79 Å². The van der Waals surface area contributed by atoms with E-state index >= 15 is 0 Å². The van der Waals surface area contributed by atoms with E-state index in [2.05, 4.69) is 13.8 Å². The maximum Gasteiger partial charge on any atom is 0.155 e. The average Bonchev–Trinajstić information content (AvgIpc) is 2.16. The van der Waals surface area contributed by atoms with Crippen LogP contribution in [0.1, 0.15) is 40.0 Å². The Morgan fingerprint density at radius 2 is 2.20 bits per heavy atom. The van der Waals surface area contributed by atoms with Crippen LogP contribution >= 0.6 is 0 Å². The van der Waals surface area contributed by atoms with Crippen LogP contribution in [0.2, 0.25) is 0 Å². The highest BCUT2D eigenvalue weighted by Crippen LogP contribution is 2.32. The minimum atomic E-state index is 0.102. The smallest absolute Gasteiger partial charge is 0.155 e. The van der Waals surface area contributed by atoms with Gasteiger partial charge in [-0.25, -0.2) is 0 Å². The Hall–Kier alpha value is -0.410. The predicted octanol–water partition coefficient (Wildman–Crippen LogP) is 1.74. The summed E-state index contributed by atoms with van der Waals surface area (Å²) in [6, 6.07) is 0.237. The summed E-state index contributed by atoms with van der Waals surface area (Å²) < 4.78 is 5.63. The average molecular weight is 213 g/mol. The molecule has 3 heteroatoms. The van der Waals surface area contributed by atoms with Crippen LogP contribution in [0.3, 0.4) is 0 Å². The van der Waals surface area contributed by atoms with E-state index in [1.165, 1.54) is 6.42 Å². The van der Waals surface area contributed by atoms with Crippen LogP contribution in [-0.4, -0.2) is 24.5 Å². The highest BCUT2D eigenvalue weighted by Gasteiger charge is 2.30. The van der Waals surface area contributed by atoms with E-state index in [1.54, 1.807) is 6.92 Å². The van der Waals surface area contributed by atoms with Crippen LogP contribution in [0.4, 0.5) is 0 Å². The second kappa shape index (κ2) is 5.61. The van der Waals surface area contributed by atoms with Crippen LogP contribution < -0.4 is 5.73 Å². The van der Waals surface area contributed by atoms with Gasteiger partial charge in [0.05, 0.1) is 6.10 Å². The lowest BCUT2D eigenvalue weighted by atomic mass is 9.78. The molecule has 0 bridgehead atoms. The van der Waals surface area contributed by atoms with Crippen LogP contribution in [-0.2, 0) is 9.53 Å². The fourth-order valence-corrected chi connectivity index (χ4v) is 2.25. The summed E-state index contributed by atoms with van der Waals surface area (Å²) >= 11 is 0. The Bertz CT molecular complexity index is 216. The zero-order valence-corrected chi connectivity index (χ0v) is 10.0. The molecular weight excluding hydrogens is 190 g/mol. The van der Waals surface area contributed by atoms with E-state index < -0.39 is 0 Å². The molecule has 0 spiro atoms. The van der Waals surface area contributed by atoms with Crippen LogP contribution in [0, 0.1) is 11.8 Å². The zero-order valence-electron chi connectivity index (χ0n) is 10.0. The van der Waals surface area contributed by atoms with E-state index in [4.69, 9.17) is 10.5 Å². The van der Waals surface area contributed by atoms with Crippen molar-refractivity contribution >= 4 is 5.78 Å². The molecule has 2 unspecified atom stereocenters. The lowest BCUT2D eigenvalue weighted by Crippen LogP contribution is -2.38. The summed E-state index contributed by atoms with van der Waals surface area (Å²) in [5.74, 6) is 1.21. The van der Waals surface area contributed by atoms with Crippen molar-refractivity contribution in [2.45, 2.75) is 52.2 Å². The van der Waals surface area contributed by atoms with Crippen molar-refractivity contribution in [3.05, 3.63) is 0 Å². The quantitative estimate of drug-likeness (QED) is 0.774. The molecule has 0 radical (unpaired) electrons. The Morgan fingerprint density at radius 1 is 1.53 bits per heavy atom. The number of nitrogens with two attached hydrogens (primary N) is 1. The normalized spacial score (nSPS) is 33.7. The van der Waals surface area contributed by atoms with Crippen molar-refractivity contribution in [2.75, 3.05) is 6.61 Å². The number of hydrogen-bond acceptors (Lipinski definition) is 3. The molecule has 1 saturated carbocycles. The molecule has 3 nitrogen and oxygen atoms in total. The van der Waals surface area contributed by atoms with Gasteiger partial charge in [0, 0.05) is 6.04 Å². The largest absolute Gasteiger partial charge is 0.370 e. The molecule has 15 heavy (non-hydrogen) atoms. The third-order valence-electron chi connectivity index (χ3n) is 3.41. The molecule has 0 amide bonds. The molecule has 88 valence electrons. The van der Waals surface area contributed by atoms with Gasteiger partial charge >= 0.3 is 0 Å². The molecule has 1 rings (SSSR count). The summed E-state index contributed by atoms with van der Waals surface area (Å²) in [7, 11) is 0. The van der Waals surface area contributed by atoms with Crippen molar-refractivity contribution in [1.29, 1.82) is 0 Å². The lowest BCUT2D eigenvalue weighted by molar-refractivity contribution is -0.126. The second-order valence-electron chi connectivity index (χ2n) is 4.96. The van der Waals surface area contributed by atoms with E-state index in [1.807, 2.05) is 0 Å². The van der Waals surface area contributed by atoms with Crippen molar-refractivity contribution in [3.63, 3.8) is 0 Å². The van der Waals surface area contributed by atoms with Gasteiger partial charge in [-0.1, -0.05) is 6.92 Å². The summed E-state index contributed by atoms with van der Waals surface area (Å²) in [6.45, 7) is 6.07. The summed E-state index contributed by atoms with van der Waals surface area (Å²) in [6.07, 6.45) is 3.58. The van der Waals surface area contributed by atoms with Crippen molar-refractivity contribution < 1.29 is 9.53 Å². The minimum Gasteiger partial charge on any atom is -0.370 e. The number of carbonyl (C=O) groups is 1. The molecule has 0 aromatic heterocycles. The molecule has 0 aromatic carbocycles. The van der Waals surface area contributed by atoms with Crippen LogP contribution in [0.15, 0.2) is 0 Å². The van der Waals surface area contributed by atoms with Gasteiger partial charge in [0.2, 0.25) is 0 Å². The fraction of sp³-hybridized carbons (Fsp3) is 0.917. The van der Waals surface area contributed by atoms with E-state index in [0.717, 1.165) is 12.8 Å². The number of Topliss-reactive ketones (excluding diaryl/α,β-unsaturated/α-hetero) is 1. The maximum absolute atomic E-state index is 10.9. The van der Waals surface area contributed by atoms with Crippen molar-refractivity contribution in [1.82, 2.24) is 0 Å². The van der Waals surface area contributed by atoms with Gasteiger partial charge < -0.3 is 10.5 Å². The molecule has 1 aliphatic carbocycles. The third kappa shape index (κ3) is 3.92. The highest BCUT2D eigenvalue weighted by molar-refractivity contribution is 5.76. The van der Waals surface area contributed by atoms with Gasteiger partial charge in [0.15, 0.2) is 5.78 Å². The maximum atomic E-state index is 10.9. The topological polar surface area (TPSA) is 52.3 Å². The summed E-state index contributed by atoms with van der Waals surface area (Å²) in [5.41, 5.74) is 5.91. The first-order valence-electron chi connectivity index (χ1n) is 5.87.